The van der Waals surface area contributed by atoms with E-state index in [0.29, 0.717) is 0 Å². The van der Waals surface area contributed by atoms with Crippen LogP contribution in [0.15, 0.2) is 24.3 Å². The molecule has 1 fully saturated rings. The molecule has 0 saturated carbocycles. The zero-order chi connectivity index (χ0) is 13.2. The first-order chi connectivity index (χ1) is 9.22. The molecular formula is C14H16N2O2S. The van der Waals surface area contributed by atoms with Gasteiger partial charge in [0.15, 0.2) is 0 Å². The Morgan fingerprint density at radius 1 is 1.32 bits per heavy atom. The maximum atomic E-state index is 12.2. The van der Waals surface area contributed by atoms with Gasteiger partial charge in [0.05, 0.1) is 4.88 Å². The average molecular weight is 276 g/mol. The van der Waals surface area contributed by atoms with Crippen molar-refractivity contribution in [2.24, 2.45) is 0 Å². The Labute approximate surface area is 115 Å². The molecule has 1 saturated heterocycles. The van der Waals surface area contributed by atoms with E-state index in [1.165, 1.54) is 11.3 Å². The number of nitrogen functional groups attached to an aromatic ring is 1. The molecule has 3 rings (SSSR count). The van der Waals surface area contributed by atoms with E-state index in [4.69, 9.17) is 10.5 Å². The summed E-state index contributed by atoms with van der Waals surface area (Å²) >= 11 is 1.50. The van der Waals surface area contributed by atoms with E-state index in [1.807, 2.05) is 24.3 Å². The molecule has 0 spiro atoms. The molecule has 4 nitrogen and oxygen atoms in total. The lowest BCUT2D eigenvalue weighted by Crippen LogP contribution is -2.38. The predicted octanol–water partition coefficient (Wildman–Crippen LogP) is 2.39. The van der Waals surface area contributed by atoms with Crippen molar-refractivity contribution in [1.82, 2.24) is 5.32 Å². The van der Waals surface area contributed by atoms with Gasteiger partial charge in [0.1, 0.15) is 0 Å². The van der Waals surface area contributed by atoms with Crippen LogP contribution in [0.3, 0.4) is 0 Å². The summed E-state index contributed by atoms with van der Waals surface area (Å²) in [5.41, 5.74) is 6.47. The summed E-state index contributed by atoms with van der Waals surface area (Å²) in [6.07, 6.45) is 1.78. The molecule has 0 aliphatic carbocycles. The Morgan fingerprint density at radius 2 is 2.11 bits per heavy atom. The van der Waals surface area contributed by atoms with Gasteiger partial charge < -0.3 is 15.8 Å². The van der Waals surface area contributed by atoms with Crippen molar-refractivity contribution in [2.75, 3.05) is 18.9 Å². The number of carbonyl (C=O) groups is 1. The van der Waals surface area contributed by atoms with Gasteiger partial charge in [-0.05, 0) is 42.5 Å². The molecule has 1 aromatic carbocycles. The van der Waals surface area contributed by atoms with Crippen molar-refractivity contribution < 1.29 is 9.53 Å². The largest absolute Gasteiger partial charge is 0.399 e. The lowest BCUT2D eigenvalue weighted by molar-refractivity contribution is 0.0698. The number of fused-ring (bicyclic) bond motifs is 1. The van der Waals surface area contributed by atoms with E-state index in [2.05, 4.69) is 5.32 Å². The molecule has 1 aromatic heterocycles. The Bertz CT molecular complexity index is 603. The highest BCUT2D eigenvalue weighted by atomic mass is 32.1. The summed E-state index contributed by atoms with van der Waals surface area (Å²) in [7, 11) is 0. The van der Waals surface area contributed by atoms with Gasteiger partial charge in [0, 0.05) is 29.6 Å². The third kappa shape index (κ3) is 2.72. The first-order valence-corrected chi connectivity index (χ1v) is 7.22. The molecule has 2 heterocycles. The molecule has 19 heavy (non-hydrogen) atoms. The molecule has 0 atom stereocenters. The van der Waals surface area contributed by atoms with Crippen LogP contribution in [0.25, 0.3) is 10.1 Å². The second kappa shape index (κ2) is 5.19. The number of ether oxygens (including phenoxy) is 1. The van der Waals surface area contributed by atoms with Crippen LogP contribution in [-0.2, 0) is 4.74 Å². The minimum atomic E-state index is 0.00618. The number of anilines is 1. The van der Waals surface area contributed by atoms with Gasteiger partial charge in [-0.25, -0.2) is 0 Å². The van der Waals surface area contributed by atoms with Crippen molar-refractivity contribution in [3.63, 3.8) is 0 Å². The lowest BCUT2D eigenvalue weighted by Gasteiger charge is -2.22. The minimum Gasteiger partial charge on any atom is -0.399 e. The number of amides is 1. The van der Waals surface area contributed by atoms with Gasteiger partial charge in [-0.3, -0.25) is 4.79 Å². The molecule has 0 bridgehead atoms. The molecule has 2 aromatic rings. The number of carbonyl (C=O) groups excluding carboxylic acids is 1. The van der Waals surface area contributed by atoms with Crippen LogP contribution in [0.1, 0.15) is 22.5 Å². The minimum absolute atomic E-state index is 0.00618. The van der Waals surface area contributed by atoms with Gasteiger partial charge in [0.2, 0.25) is 0 Å². The monoisotopic (exact) mass is 276 g/mol. The zero-order valence-electron chi connectivity index (χ0n) is 10.5. The summed E-state index contributed by atoms with van der Waals surface area (Å²) in [6, 6.07) is 7.86. The van der Waals surface area contributed by atoms with Gasteiger partial charge in [-0.15, -0.1) is 11.3 Å². The van der Waals surface area contributed by atoms with Crippen LogP contribution in [0.4, 0.5) is 5.69 Å². The number of nitrogens with one attached hydrogen (secondary N) is 1. The molecule has 1 amide bonds. The van der Waals surface area contributed by atoms with Crippen molar-refractivity contribution in [3.05, 3.63) is 29.1 Å². The second-order valence-corrected chi connectivity index (χ2v) is 5.85. The summed E-state index contributed by atoms with van der Waals surface area (Å²) in [6.45, 7) is 1.46. The van der Waals surface area contributed by atoms with Crippen molar-refractivity contribution in [1.29, 1.82) is 0 Å². The number of hydrogen-bond donors (Lipinski definition) is 2. The number of benzene rings is 1. The molecule has 0 unspecified atom stereocenters. The fourth-order valence-electron chi connectivity index (χ4n) is 2.27. The Morgan fingerprint density at radius 3 is 2.89 bits per heavy atom. The van der Waals surface area contributed by atoms with Crippen LogP contribution in [0.2, 0.25) is 0 Å². The van der Waals surface area contributed by atoms with Gasteiger partial charge in [0.25, 0.3) is 5.91 Å². The zero-order valence-corrected chi connectivity index (χ0v) is 11.3. The van der Waals surface area contributed by atoms with Crippen LogP contribution >= 0.6 is 11.3 Å². The smallest absolute Gasteiger partial charge is 0.261 e. The summed E-state index contributed by atoms with van der Waals surface area (Å²) in [5.74, 6) is 0.00618. The maximum Gasteiger partial charge on any atom is 0.261 e. The van der Waals surface area contributed by atoms with E-state index in [0.717, 1.165) is 46.7 Å². The lowest BCUT2D eigenvalue weighted by atomic mass is 10.1. The van der Waals surface area contributed by atoms with Crippen molar-refractivity contribution in [2.45, 2.75) is 18.9 Å². The molecule has 1 aliphatic rings. The van der Waals surface area contributed by atoms with Crippen molar-refractivity contribution in [3.8, 4) is 0 Å². The van der Waals surface area contributed by atoms with E-state index in [1.54, 1.807) is 0 Å². The first-order valence-electron chi connectivity index (χ1n) is 6.40. The van der Waals surface area contributed by atoms with E-state index >= 15 is 0 Å². The Kier molecular flexibility index (Phi) is 3.40. The normalized spacial score (nSPS) is 16.6. The van der Waals surface area contributed by atoms with E-state index in [9.17, 15) is 4.79 Å². The third-order valence-electron chi connectivity index (χ3n) is 3.32. The van der Waals surface area contributed by atoms with Gasteiger partial charge in [-0.2, -0.15) is 0 Å². The quantitative estimate of drug-likeness (QED) is 0.828. The Balaban J connectivity index is 1.77. The topological polar surface area (TPSA) is 64.4 Å². The fourth-order valence-corrected chi connectivity index (χ4v) is 3.22. The molecule has 0 radical (unpaired) electrons. The van der Waals surface area contributed by atoms with Gasteiger partial charge in [-0.1, -0.05) is 0 Å². The predicted molar refractivity (Wildman–Crippen MR) is 77.5 cm³/mol. The third-order valence-corrected chi connectivity index (χ3v) is 4.44. The number of thiophene rings is 1. The van der Waals surface area contributed by atoms with Crippen LogP contribution in [-0.4, -0.2) is 25.2 Å². The second-order valence-electron chi connectivity index (χ2n) is 4.77. The summed E-state index contributed by atoms with van der Waals surface area (Å²) in [5, 5.41) is 4.10. The standard InChI is InChI=1S/C14H16N2O2S/c15-10-1-2-12-9(7-10)8-13(19-12)14(17)16-11-3-5-18-6-4-11/h1-2,7-8,11H,3-6,15H2,(H,16,17). The number of nitrogens with two attached hydrogens (primary N) is 1. The van der Waals surface area contributed by atoms with Crippen LogP contribution < -0.4 is 11.1 Å². The van der Waals surface area contributed by atoms with Crippen LogP contribution in [0, 0.1) is 0 Å². The van der Waals surface area contributed by atoms with Crippen LogP contribution in [0.5, 0.6) is 0 Å². The Hall–Kier alpha value is -1.59. The molecular weight excluding hydrogens is 260 g/mol. The highest BCUT2D eigenvalue weighted by Gasteiger charge is 2.18. The van der Waals surface area contributed by atoms with Gasteiger partial charge >= 0.3 is 0 Å². The summed E-state index contributed by atoms with van der Waals surface area (Å²) in [4.78, 5) is 12.9. The molecule has 1 aliphatic heterocycles. The summed E-state index contributed by atoms with van der Waals surface area (Å²) < 4.78 is 6.37. The average Bonchev–Trinajstić information content (AvgIpc) is 2.83. The highest BCUT2D eigenvalue weighted by Crippen LogP contribution is 2.27. The fraction of sp³-hybridized carbons (Fsp3) is 0.357. The van der Waals surface area contributed by atoms with Crippen molar-refractivity contribution >= 4 is 33.0 Å². The van der Waals surface area contributed by atoms with E-state index < -0.39 is 0 Å². The number of hydrogen-bond acceptors (Lipinski definition) is 4. The number of rotatable bonds is 2. The molecule has 3 N–H and O–H groups in total. The molecule has 100 valence electrons. The highest BCUT2D eigenvalue weighted by molar-refractivity contribution is 7.20. The van der Waals surface area contributed by atoms with E-state index in [-0.39, 0.29) is 11.9 Å². The SMILES string of the molecule is Nc1ccc2sc(C(=O)NC3CCOCC3)cc2c1. The molecule has 5 heteroatoms. The first kappa shape index (κ1) is 12.4. The maximum absolute atomic E-state index is 12.2.